The Kier molecular flexibility index (Phi) is 20.9. The van der Waals surface area contributed by atoms with Gasteiger partial charge >= 0.3 is 11.9 Å². The number of esters is 1. The van der Waals surface area contributed by atoms with Crippen LogP contribution in [0, 0.1) is 0 Å². The largest absolute Gasteiger partial charge is 0.497 e. The monoisotopic (exact) mass is 967 g/mol. The highest BCUT2D eigenvalue weighted by Crippen LogP contribution is 2.27. The summed E-state index contributed by atoms with van der Waals surface area (Å²) in [6.45, 7) is 0.634. The minimum Gasteiger partial charge on any atom is -0.497 e. The minimum absolute atomic E-state index is 0.144. The van der Waals surface area contributed by atoms with Crippen molar-refractivity contribution in [3.63, 3.8) is 0 Å². The number of hydrogen-bond acceptors (Lipinski definition) is 11. The second-order valence-corrected chi connectivity index (χ2v) is 16.5. The molecule has 352 valence electrons. The quantitative estimate of drug-likeness (QED) is 0.00764. The molecule has 0 fully saturated rings. The Hall–Kier alpha value is -6.96. The van der Waals surface area contributed by atoms with E-state index in [4.69, 9.17) is 70.3 Å². The number of aromatic amines is 3. The first kappa shape index (κ1) is 51.7. The number of ether oxygens (including phenoxy) is 4. The van der Waals surface area contributed by atoms with Crippen LogP contribution in [0.15, 0.2) is 93.4 Å². The first-order valence-corrected chi connectivity index (χ1v) is 21.4. The number of carboxylic acid groups (broad SMARTS) is 1. The molecule has 3 heterocycles. The molecule has 0 aliphatic rings. The molecule has 3 aromatic heterocycles. The molecule has 6 aromatic rings. The Balaban J connectivity index is 0.000000230. The third-order valence-corrected chi connectivity index (χ3v) is 9.53. The van der Waals surface area contributed by atoms with Gasteiger partial charge < -0.3 is 50.5 Å². The van der Waals surface area contributed by atoms with Gasteiger partial charge in [-0.3, -0.25) is 24.4 Å². The molecular weight excluding hydrogens is 917 g/mol. The third kappa shape index (κ3) is 17.5. The van der Waals surface area contributed by atoms with E-state index in [1.165, 1.54) is 0 Å². The number of carbonyl (C=O) groups is 3. The fourth-order valence-corrected chi connectivity index (χ4v) is 6.03. The van der Waals surface area contributed by atoms with E-state index in [2.05, 4.69) is 46.0 Å². The van der Waals surface area contributed by atoms with E-state index in [0.717, 1.165) is 67.4 Å². The van der Waals surface area contributed by atoms with Crippen LogP contribution in [0.3, 0.4) is 0 Å². The van der Waals surface area contributed by atoms with Crippen LogP contribution in [0.5, 0.6) is 17.2 Å². The van der Waals surface area contributed by atoms with Crippen molar-refractivity contribution in [1.82, 2.24) is 25.8 Å². The van der Waals surface area contributed by atoms with E-state index in [-0.39, 0.29) is 31.4 Å². The standard InChI is InChI=1S/C18H22Cl3N5O3.C16H21N5O3.C10H9NO2/c1-28-13-5-6-15-14(8-13)12(9-24-15)10-25-26-17(22)23-7-3-2-4-16(27)29-11-18(19,20)21;1-24-12-5-6-14-13(8-12)11(9-19-14)10-20-21-16(17)18-7-3-2-4-15(22)23;1-13-8-2-3-10-9(4-8)7(6-12)5-11-10/h5-6,8-10,24H,2-4,7,11H2,1H3,(H3,22,23,26);5-6,8-10,19H,2-4,7H2,1H3,(H,22,23)(H3,17,18,21);2-6,11H,1H3/b25-10+;20-10+;. The van der Waals surface area contributed by atoms with Crippen molar-refractivity contribution in [1.29, 1.82) is 0 Å². The summed E-state index contributed by atoms with van der Waals surface area (Å²) in [5.74, 6) is 1.44. The normalized spacial score (nSPS) is 11.8. The Labute approximate surface area is 394 Å². The van der Waals surface area contributed by atoms with Crippen LogP contribution < -0.4 is 36.5 Å². The number of benzene rings is 3. The number of aliphatic carboxylic acids is 1. The molecule has 0 bridgehead atoms. The number of methoxy groups -OCH3 is 3. The van der Waals surface area contributed by atoms with Crippen molar-refractivity contribution >= 4 is 110 Å². The van der Waals surface area contributed by atoms with Gasteiger partial charge in [0.25, 0.3) is 0 Å². The van der Waals surface area contributed by atoms with Gasteiger partial charge in [0.1, 0.15) is 23.9 Å². The summed E-state index contributed by atoms with van der Waals surface area (Å²) in [6.07, 6.45) is 12.3. The van der Waals surface area contributed by atoms with Gasteiger partial charge in [-0.25, -0.2) is 10.9 Å². The van der Waals surface area contributed by atoms with Crippen molar-refractivity contribution in [3.05, 3.63) is 89.9 Å². The van der Waals surface area contributed by atoms with Crippen LogP contribution >= 0.6 is 34.8 Å². The number of hydrazone groups is 2. The lowest BCUT2D eigenvalue weighted by Crippen LogP contribution is -2.27. The number of unbranched alkanes of at least 4 members (excludes halogenated alkanes) is 2. The van der Waals surface area contributed by atoms with E-state index in [0.29, 0.717) is 44.3 Å². The average Bonchev–Trinajstić information content (AvgIpc) is 4.04. The number of aldehydes is 1. The van der Waals surface area contributed by atoms with Gasteiger partial charge in [-0.2, -0.15) is 10.2 Å². The maximum Gasteiger partial charge on any atom is 0.305 e. The molecule has 0 saturated carbocycles. The van der Waals surface area contributed by atoms with E-state index < -0.39 is 15.7 Å². The molecule has 66 heavy (non-hydrogen) atoms. The number of rotatable bonds is 19. The van der Waals surface area contributed by atoms with Crippen molar-refractivity contribution in [2.24, 2.45) is 31.7 Å². The number of guanidine groups is 2. The number of nitrogens with two attached hydrogens (primary N) is 2. The Bertz CT molecular complexity index is 2630. The number of halogens is 3. The lowest BCUT2D eigenvalue weighted by Gasteiger charge is -2.10. The summed E-state index contributed by atoms with van der Waals surface area (Å²) in [5, 5.41) is 19.6. The number of carbonyl (C=O) groups excluding carboxylic acids is 2. The second-order valence-electron chi connectivity index (χ2n) is 13.9. The van der Waals surface area contributed by atoms with E-state index in [1.807, 2.05) is 67.0 Å². The number of nitrogens with zero attached hydrogens (tertiary/aromatic N) is 4. The molecule has 22 heteroatoms. The number of aliphatic imine (C=N–C) groups is 2. The highest BCUT2D eigenvalue weighted by atomic mass is 35.6. The van der Waals surface area contributed by atoms with Gasteiger partial charge in [-0.15, -0.1) is 0 Å². The van der Waals surface area contributed by atoms with Crippen molar-refractivity contribution in [2.45, 2.75) is 42.3 Å². The third-order valence-electron chi connectivity index (χ3n) is 9.20. The van der Waals surface area contributed by atoms with Crippen LogP contribution in [0.25, 0.3) is 32.7 Å². The maximum absolute atomic E-state index is 11.5. The number of carboxylic acids is 1. The topological polar surface area (TPSA) is 281 Å². The molecule has 0 amide bonds. The number of nitrogens with one attached hydrogen (secondary N) is 5. The van der Waals surface area contributed by atoms with Gasteiger partial charge in [0.2, 0.25) is 15.7 Å². The summed E-state index contributed by atoms with van der Waals surface area (Å²) < 4.78 is 18.7. The van der Waals surface area contributed by atoms with Crippen molar-refractivity contribution in [3.8, 4) is 17.2 Å². The fourth-order valence-electron chi connectivity index (χ4n) is 5.87. The zero-order valence-corrected chi connectivity index (χ0v) is 38.7. The Morgan fingerprint density at radius 2 is 1.08 bits per heavy atom. The lowest BCUT2D eigenvalue weighted by molar-refractivity contribution is -0.143. The van der Waals surface area contributed by atoms with Crippen LogP contribution in [-0.2, 0) is 14.3 Å². The predicted octanol–water partition coefficient (Wildman–Crippen LogP) is 7.16. The van der Waals surface area contributed by atoms with Crippen LogP contribution in [0.1, 0.15) is 60.0 Å². The second kappa shape index (κ2) is 26.7. The first-order chi connectivity index (χ1) is 31.7. The first-order valence-electron chi connectivity index (χ1n) is 20.3. The molecule has 6 rings (SSSR count). The number of H-pyrrole nitrogens is 3. The molecule has 3 aromatic carbocycles. The summed E-state index contributed by atoms with van der Waals surface area (Å²) in [4.78, 5) is 50.0. The van der Waals surface area contributed by atoms with E-state index in [9.17, 15) is 14.4 Å². The van der Waals surface area contributed by atoms with Crippen LogP contribution in [-0.4, -0.2) is 107 Å². The predicted molar refractivity (Wildman–Crippen MR) is 261 cm³/mol. The Morgan fingerprint density at radius 1 is 0.667 bits per heavy atom. The van der Waals surface area contributed by atoms with Gasteiger partial charge in [-0.1, -0.05) is 34.8 Å². The molecule has 0 saturated heterocycles. The summed E-state index contributed by atoms with van der Waals surface area (Å²) in [7, 11) is 4.85. The average molecular weight is 969 g/mol. The number of hydrogen-bond donors (Lipinski definition) is 8. The highest BCUT2D eigenvalue weighted by molar-refractivity contribution is 6.67. The van der Waals surface area contributed by atoms with E-state index >= 15 is 0 Å². The molecule has 0 radical (unpaired) electrons. The molecule has 10 N–H and O–H groups in total. The summed E-state index contributed by atoms with van der Waals surface area (Å²) in [5.41, 5.74) is 22.1. The van der Waals surface area contributed by atoms with Crippen molar-refractivity contribution in [2.75, 3.05) is 41.0 Å². The van der Waals surface area contributed by atoms with Gasteiger partial charge in [0.15, 0.2) is 6.29 Å². The summed E-state index contributed by atoms with van der Waals surface area (Å²) in [6, 6.07) is 17.1. The minimum atomic E-state index is -1.60. The molecule has 0 unspecified atom stereocenters. The molecule has 0 aliphatic carbocycles. The number of fused-ring (bicyclic) bond motifs is 3. The molecule has 0 atom stereocenters. The molecule has 0 aliphatic heterocycles. The highest BCUT2D eigenvalue weighted by Gasteiger charge is 2.22. The zero-order chi connectivity index (χ0) is 47.9. The zero-order valence-electron chi connectivity index (χ0n) is 36.4. The lowest BCUT2D eigenvalue weighted by atomic mass is 10.2. The van der Waals surface area contributed by atoms with Gasteiger partial charge in [0, 0.05) is 93.9 Å². The maximum atomic E-state index is 11.5. The SMILES string of the molecule is COc1ccc2[nH]cc(/C=N/NC(N)=NCCCCC(=O)O)c2c1.COc1ccc2[nH]cc(/C=N/NC(N)=NCCCCC(=O)OCC(Cl)(Cl)Cl)c2c1.COc1ccc2[nH]cc(C=O)c2c1. The van der Waals surface area contributed by atoms with Crippen molar-refractivity contribution < 1.29 is 38.4 Å². The van der Waals surface area contributed by atoms with E-state index in [1.54, 1.807) is 40.0 Å². The Morgan fingerprint density at radius 3 is 1.47 bits per heavy atom. The number of aromatic nitrogens is 3. The molecule has 0 spiro atoms. The number of alkyl halides is 3. The smallest absolute Gasteiger partial charge is 0.305 e. The molecular formula is C44H52Cl3N11O8. The molecule has 19 nitrogen and oxygen atoms in total. The summed E-state index contributed by atoms with van der Waals surface area (Å²) >= 11 is 16.5. The fraction of sp³-hybridized carbons (Fsp3) is 0.295. The van der Waals surface area contributed by atoms with Crippen LogP contribution in [0.2, 0.25) is 0 Å². The van der Waals surface area contributed by atoms with Gasteiger partial charge in [-0.05, 0) is 80.3 Å². The van der Waals surface area contributed by atoms with Gasteiger partial charge in [0.05, 0.1) is 33.8 Å². The van der Waals surface area contributed by atoms with Crippen LogP contribution in [0.4, 0.5) is 0 Å².